The van der Waals surface area contributed by atoms with Gasteiger partial charge in [-0.25, -0.2) is 4.79 Å². The third-order valence-corrected chi connectivity index (χ3v) is 4.37. The Morgan fingerprint density at radius 1 is 1.08 bits per heavy atom. The van der Waals surface area contributed by atoms with Crippen molar-refractivity contribution in [2.75, 3.05) is 11.9 Å². The van der Waals surface area contributed by atoms with E-state index < -0.39 is 12.1 Å². The van der Waals surface area contributed by atoms with Crippen LogP contribution in [0.3, 0.4) is 0 Å². The molecule has 1 heterocycles. The first-order valence-corrected chi connectivity index (χ1v) is 8.36. The molecule has 26 heavy (non-hydrogen) atoms. The molecular formula is C21H17NO4. The summed E-state index contributed by atoms with van der Waals surface area (Å²) >= 11 is 0. The quantitative estimate of drug-likeness (QED) is 0.725. The van der Waals surface area contributed by atoms with E-state index in [1.807, 2.05) is 49.4 Å². The van der Waals surface area contributed by atoms with Crippen LogP contribution in [0.1, 0.15) is 28.9 Å². The lowest BCUT2D eigenvalue weighted by atomic mass is 10.0. The number of nitrogens with one attached hydrogen (secondary N) is 1. The molecule has 0 radical (unpaired) electrons. The molecule has 0 fully saturated rings. The Balaban J connectivity index is 1.53. The molecule has 3 aromatic carbocycles. The van der Waals surface area contributed by atoms with E-state index in [-0.39, 0.29) is 12.5 Å². The second-order valence-electron chi connectivity index (χ2n) is 6.20. The molecule has 0 spiro atoms. The molecule has 1 aliphatic rings. The average molecular weight is 347 g/mol. The van der Waals surface area contributed by atoms with Crippen LogP contribution in [-0.2, 0) is 9.53 Å². The first-order valence-electron chi connectivity index (χ1n) is 8.36. The van der Waals surface area contributed by atoms with Crippen molar-refractivity contribution in [3.05, 3.63) is 71.8 Å². The van der Waals surface area contributed by atoms with Crippen LogP contribution in [-0.4, -0.2) is 18.5 Å². The summed E-state index contributed by atoms with van der Waals surface area (Å²) in [6, 6.07) is 18.9. The van der Waals surface area contributed by atoms with E-state index in [0.717, 1.165) is 16.3 Å². The number of amides is 1. The largest absolute Gasteiger partial charge is 0.482 e. The minimum absolute atomic E-state index is 0.0181. The highest BCUT2D eigenvalue weighted by Gasteiger charge is 2.20. The van der Waals surface area contributed by atoms with E-state index in [0.29, 0.717) is 17.0 Å². The van der Waals surface area contributed by atoms with Crippen molar-refractivity contribution < 1.29 is 19.1 Å². The van der Waals surface area contributed by atoms with Crippen molar-refractivity contribution in [1.29, 1.82) is 0 Å². The molecule has 4 rings (SSSR count). The third kappa shape index (κ3) is 3.11. The molecule has 0 aliphatic carbocycles. The summed E-state index contributed by atoms with van der Waals surface area (Å²) in [6.07, 6.45) is -0.394. The number of benzene rings is 3. The van der Waals surface area contributed by atoms with E-state index >= 15 is 0 Å². The van der Waals surface area contributed by atoms with Gasteiger partial charge in [0.1, 0.15) is 11.9 Å². The zero-order valence-corrected chi connectivity index (χ0v) is 14.2. The average Bonchev–Trinajstić information content (AvgIpc) is 2.66. The second-order valence-corrected chi connectivity index (χ2v) is 6.20. The minimum atomic E-state index is -0.451. The van der Waals surface area contributed by atoms with Gasteiger partial charge < -0.3 is 14.8 Å². The summed E-state index contributed by atoms with van der Waals surface area (Å²) in [5.41, 5.74) is 1.77. The fourth-order valence-corrected chi connectivity index (χ4v) is 2.97. The van der Waals surface area contributed by atoms with Crippen molar-refractivity contribution in [2.45, 2.75) is 13.0 Å². The van der Waals surface area contributed by atoms with Crippen LogP contribution in [0, 0.1) is 0 Å². The molecule has 0 unspecified atom stereocenters. The molecule has 0 aromatic heterocycles. The van der Waals surface area contributed by atoms with Crippen LogP contribution < -0.4 is 10.1 Å². The van der Waals surface area contributed by atoms with Gasteiger partial charge in [-0.15, -0.1) is 0 Å². The summed E-state index contributed by atoms with van der Waals surface area (Å²) in [4.78, 5) is 23.9. The molecule has 0 saturated heterocycles. The number of ether oxygens (including phenoxy) is 2. The zero-order chi connectivity index (χ0) is 18.1. The first-order chi connectivity index (χ1) is 12.6. The lowest BCUT2D eigenvalue weighted by Crippen LogP contribution is -2.25. The zero-order valence-electron chi connectivity index (χ0n) is 14.2. The van der Waals surface area contributed by atoms with Gasteiger partial charge in [0.2, 0.25) is 0 Å². The molecule has 0 saturated carbocycles. The molecular weight excluding hydrogens is 330 g/mol. The maximum absolute atomic E-state index is 12.5. The van der Waals surface area contributed by atoms with Crippen LogP contribution in [0.25, 0.3) is 10.8 Å². The smallest absolute Gasteiger partial charge is 0.338 e. The third-order valence-electron chi connectivity index (χ3n) is 4.37. The van der Waals surface area contributed by atoms with Gasteiger partial charge >= 0.3 is 5.97 Å². The Kier molecular flexibility index (Phi) is 4.05. The number of hydrogen-bond acceptors (Lipinski definition) is 4. The lowest BCUT2D eigenvalue weighted by molar-refractivity contribution is -0.118. The number of fused-ring (bicyclic) bond motifs is 2. The number of anilines is 1. The van der Waals surface area contributed by atoms with E-state index in [2.05, 4.69) is 5.32 Å². The van der Waals surface area contributed by atoms with Crippen molar-refractivity contribution in [3.8, 4) is 5.75 Å². The number of carbonyl (C=O) groups is 2. The summed E-state index contributed by atoms with van der Waals surface area (Å²) in [6.45, 7) is 1.82. The lowest BCUT2D eigenvalue weighted by Gasteiger charge is -2.19. The summed E-state index contributed by atoms with van der Waals surface area (Å²) < 4.78 is 10.9. The predicted octanol–water partition coefficient (Wildman–Crippen LogP) is 4.09. The molecule has 5 nitrogen and oxygen atoms in total. The Morgan fingerprint density at radius 2 is 1.88 bits per heavy atom. The van der Waals surface area contributed by atoms with Crippen molar-refractivity contribution in [1.82, 2.24) is 0 Å². The van der Waals surface area contributed by atoms with E-state index in [1.165, 1.54) is 0 Å². The number of rotatable bonds is 3. The predicted molar refractivity (Wildman–Crippen MR) is 98.3 cm³/mol. The van der Waals surface area contributed by atoms with Gasteiger partial charge in [-0.05, 0) is 47.5 Å². The van der Waals surface area contributed by atoms with Crippen molar-refractivity contribution in [2.24, 2.45) is 0 Å². The van der Waals surface area contributed by atoms with Gasteiger partial charge in [0.25, 0.3) is 5.91 Å². The summed E-state index contributed by atoms with van der Waals surface area (Å²) in [5.74, 6) is -0.149. The summed E-state index contributed by atoms with van der Waals surface area (Å²) in [7, 11) is 0. The number of carbonyl (C=O) groups excluding carboxylic acids is 2. The Hall–Kier alpha value is -3.34. The topological polar surface area (TPSA) is 64.6 Å². The van der Waals surface area contributed by atoms with Crippen molar-refractivity contribution >= 4 is 28.3 Å². The molecule has 3 aromatic rings. The van der Waals surface area contributed by atoms with Gasteiger partial charge in [0.05, 0.1) is 11.3 Å². The standard InChI is InChI=1S/C21H17NO4/c1-13(15-7-6-14-4-2-3-5-16(14)10-15)26-21(24)17-8-9-19-18(11-17)22-20(23)12-25-19/h2-11,13H,12H2,1H3,(H,22,23)/t13-/m1/s1. The number of hydrogen-bond donors (Lipinski definition) is 1. The van der Waals surface area contributed by atoms with E-state index in [9.17, 15) is 9.59 Å². The molecule has 1 atom stereocenters. The molecule has 0 bridgehead atoms. The molecule has 130 valence electrons. The van der Waals surface area contributed by atoms with Gasteiger partial charge in [-0.3, -0.25) is 4.79 Å². The Labute approximate surface area is 150 Å². The highest BCUT2D eigenvalue weighted by molar-refractivity contribution is 5.98. The van der Waals surface area contributed by atoms with Gasteiger partial charge in [0.15, 0.2) is 6.61 Å². The fourth-order valence-electron chi connectivity index (χ4n) is 2.97. The highest BCUT2D eigenvalue weighted by atomic mass is 16.5. The van der Waals surface area contributed by atoms with Crippen LogP contribution in [0.4, 0.5) is 5.69 Å². The van der Waals surface area contributed by atoms with Gasteiger partial charge in [0, 0.05) is 0 Å². The fraction of sp³-hybridized carbons (Fsp3) is 0.143. The van der Waals surface area contributed by atoms with Crippen LogP contribution in [0.15, 0.2) is 60.7 Å². The van der Waals surface area contributed by atoms with E-state index in [4.69, 9.17) is 9.47 Å². The molecule has 1 N–H and O–H groups in total. The maximum atomic E-state index is 12.5. The Bertz CT molecular complexity index is 1010. The maximum Gasteiger partial charge on any atom is 0.338 e. The van der Waals surface area contributed by atoms with Gasteiger partial charge in [-0.1, -0.05) is 36.4 Å². The second kappa shape index (κ2) is 6.52. The minimum Gasteiger partial charge on any atom is -0.482 e. The first kappa shape index (κ1) is 16.1. The van der Waals surface area contributed by atoms with Crippen LogP contribution in [0.5, 0.6) is 5.75 Å². The normalized spacial score (nSPS) is 14.1. The highest BCUT2D eigenvalue weighted by Crippen LogP contribution is 2.30. The SMILES string of the molecule is C[C@@H](OC(=O)c1ccc2c(c1)NC(=O)CO2)c1ccc2ccccc2c1. The van der Waals surface area contributed by atoms with Crippen molar-refractivity contribution in [3.63, 3.8) is 0 Å². The Morgan fingerprint density at radius 3 is 2.73 bits per heavy atom. The van der Waals surface area contributed by atoms with E-state index in [1.54, 1.807) is 18.2 Å². The molecule has 1 amide bonds. The van der Waals surface area contributed by atoms with Gasteiger partial charge in [-0.2, -0.15) is 0 Å². The molecule has 1 aliphatic heterocycles. The van der Waals surface area contributed by atoms with Crippen LogP contribution in [0.2, 0.25) is 0 Å². The van der Waals surface area contributed by atoms with Crippen LogP contribution >= 0.6 is 0 Å². The number of esters is 1. The monoisotopic (exact) mass is 347 g/mol. The summed E-state index contributed by atoms with van der Waals surface area (Å²) in [5, 5.41) is 4.93. The molecule has 5 heteroatoms.